The third-order valence-electron chi connectivity index (χ3n) is 3.56. The summed E-state index contributed by atoms with van der Waals surface area (Å²) in [6.07, 6.45) is 5.36. The normalized spacial score (nSPS) is 21.8. The second-order valence-electron chi connectivity index (χ2n) is 5.20. The van der Waals surface area contributed by atoms with Crippen molar-refractivity contribution in [2.75, 3.05) is 23.7 Å². The number of rotatable bonds is 7. The summed E-state index contributed by atoms with van der Waals surface area (Å²) >= 11 is 0. The maximum atomic E-state index is 9.31. The van der Waals surface area contributed by atoms with Crippen LogP contribution in [0.5, 0.6) is 0 Å². The number of anilines is 2. The molecule has 0 atom stereocenters. The fourth-order valence-corrected chi connectivity index (χ4v) is 2.48. The van der Waals surface area contributed by atoms with E-state index in [0.29, 0.717) is 5.92 Å². The Morgan fingerprint density at radius 3 is 2.47 bits per heavy atom. The molecule has 0 aliphatic heterocycles. The number of nitrogens with one attached hydrogen (secondary N) is 2. The summed E-state index contributed by atoms with van der Waals surface area (Å²) in [6, 6.07) is 0. The second-order valence-corrected chi connectivity index (χ2v) is 5.20. The highest BCUT2D eigenvalue weighted by atomic mass is 16.3. The molecular formula is C14H24N4O. The van der Waals surface area contributed by atoms with E-state index in [1.807, 2.05) is 0 Å². The van der Waals surface area contributed by atoms with E-state index in [9.17, 15) is 5.11 Å². The average molecular weight is 264 g/mol. The number of aromatic nitrogens is 2. The predicted octanol–water partition coefficient (Wildman–Crippen LogP) is 2.04. The molecule has 1 saturated carbocycles. The Morgan fingerprint density at radius 2 is 1.89 bits per heavy atom. The van der Waals surface area contributed by atoms with Gasteiger partial charge in [0.05, 0.1) is 6.10 Å². The van der Waals surface area contributed by atoms with E-state index in [-0.39, 0.29) is 6.10 Å². The Morgan fingerprint density at radius 1 is 1.21 bits per heavy atom. The highest BCUT2D eigenvalue weighted by Gasteiger charge is 2.27. The molecule has 0 saturated heterocycles. The van der Waals surface area contributed by atoms with Crippen LogP contribution in [0.2, 0.25) is 0 Å². The smallest absolute Gasteiger partial charge is 0.134 e. The van der Waals surface area contributed by atoms with Gasteiger partial charge in [-0.2, -0.15) is 0 Å². The summed E-state index contributed by atoms with van der Waals surface area (Å²) in [6.45, 7) is 5.98. The van der Waals surface area contributed by atoms with Crippen LogP contribution in [0.15, 0.2) is 6.33 Å². The first-order valence-corrected chi connectivity index (χ1v) is 7.24. The summed E-state index contributed by atoms with van der Waals surface area (Å²) in [5.41, 5.74) is 1.17. The summed E-state index contributed by atoms with van der Waals surface area (Å²) in [4.78, 5) is 8.68. The van der Waals surface area contributed by atoms with Gasteiger partial charge in [-0.3, -0.25) is 0 Å². The Kier molecular flexibility index (Phi) is 4.96. The maximum Gasteiger partial charge on any atom is 0.134 e. The molecule has 0 aromatic carbocycles. The predicted molar refractivity (Wildman–Crippen MR) is 77.4 cm³/mol. The minimum absolute atomic E-state index is 0.0929. The molecule has 0 amide bonds. The van der Waals surface area contributed by atoms with Crippen molar-refractivity contribution < 1.29 is 5.11 Å². The molecule has 1 aromatic rings. The van der Waals surface area contributed by atoms with Gasteiger partial charge in [0, 0.05) is 18.7 Å². The van der Waals surface area contributed by atoms with Gasteiger partial charge in [-0.15, -0.1) is 0 Å². The molecule has 0 bridgehead atoms. The molecule has 19 heavy (non-hydrogen) atoms. The molecular weight excluding hydrogens is 240 g/mol. The van der Waals surface area contributed by atoms with Crippen LogP contribution in [0.1, 0.15) is 38.7 Å². The van der Waals surface area contributed by atoms with Gasteiger partial charge in [0.25, 0.3) is 0 Å². The summed E-state index contributed by atoms with van der Waals surface area (Å²) in [7, 11) is 0. The largest absolute Gasteiger partial charge is 0.393 e. The van der Waals surface area contributed by atoms with Crippen LogP contribution in [-0.4, -0.2) is 34.3 Å². The van der Waals surface area contributed by atoms with Crippen molar-refractivity contribution in [3.05, 3.63) is 11.9 Å². The van der Waals surface area contributed by atoms with Crippen molar-refractivity contribution in [3.8, 4) is 0 Å². The van der Waals surface area contributed by atoms with Crippen LogP contribution >= 0.6 is 0 Å². The average Bonchev–Trinajstić information content (AvgIpc) is 2.37. The number of aliphatic hydroxyl groups excluding tert-OH is 1. The lowest BCUT2D eigenvalue weighted by atomic mass is 9.82. The third kappa shape index (κ3) is 3.56. The number of hydrogen-bond acceptors (Lipinski definition) is 5. The number of hydrogen-bond donors (Lipinski definition) is 3. The van der Waals surface area contributed by atoms with Crippen molar-refractivity contribution in [1.82, 2.24) is 9.97 Å². The Bertz CT molecular complexity index is 404. The molecule has 0 spiro atoms. The molecule has 3 N–H and O–H groups in total. The molecule has 1 aliphatic rings. The monoisotopic (exact) mass is 264 g/mol. The molecule has 1 aliphatic carbocycles. The van der Waals surface area contributed by atoms with Crippen LogP contribution in [0.3, 0.4) is 0 Å². The first-order chi connectivity index (χ1) is 9.24. The Balaban J connectivity index is 2.02. The first-order valence-electron chi connectivity index (χ1n) is 7.24. The van der Waals surface area contributed by atoms with Crippen molar-refractivity contribution in [1.29, 1.82) is 0 Å². The van der Waals surface area contributed by atoms with Gasteiger partial charge in [0.1, 0.15) is 18.0 Å². The van der Waals surface area contributed by atoms with Gasteiger partial charge >= 0.3 is 0 Å². The van der Waals surface area contributed by atoms with Crippen LogP contribution in [-0.2, 0) is 6.42 Å². The fraction of sp³-hybridized carbons (Fsp3) is 0.714. The highest BCUT2D eigenvalue weighted by molar-refractivity contribution is 5.57. The van der Waals surface area contributed by atoms with Gasteiger partial charge in [0.2, 0.25) is 0 Å². The van der Waals surface area contributed by atoms with Gasteiger partial charge in [0.15, 0.2) is 0 Å². The molecule has 0 unspecified atom stereocenters. The number of nitrogens with zero attached hydrogens (tertiary/aromatic N) is 2. The third-order valence-corrected chi connectivity index (χ3v) is 3.56. The van der Waals surface area contributed by atoms with Gasteiger partial charge in [-0.1, -0.05) is 13.3 Å². The van der Waals surface area contributed by atoms with Crippen LogP contribution in [0.25, 0.3) is 0 Å². The van der Waals surface area contributed by atoms with E-state index in [1.54, 1.807) is 6.33 Å². The van der Waals surface area contributed by atoms with E-state index in [1.165, 1.54) is 5.56 Å². The summed E-state index contributed by atoms with van der Waals surface area (Å²) in [5, 5.41) is 16.0. The molecule has 5 heteroatoms. The number of aliphatic hydroxyl groups is 1. The molecule has 1 heterocycles. The molecule has 2 rings (SSSR count). The lowest BCUT2D eigenvalue weighted by Crippen LogP contribution is -2.33. The molecule has 106 valence electrons. The Hall–Kier alpha value is -1.36. The minimum atomic E-state index is -0.0929. The lowest BCUT2D eigenvalue weighted by molar-refractivity contribution is 0.0486. The molecule has 0 radical (unpaired) electrons. The van der Waals surface area contributed by atoms with Crippen molar-refractivity contribution in [2.24, 2.45) is 5.92 Å². The van der Waals surface area contributed by atoms with E-state index >= 15 is 0 Å². The summed E-state index contributed by atoms with van der Waals surface area (Å²) in [5.74, 6) is 2.45. The van der Waals surface area contributed by atoms with Crippen molar-refractivity contribution >= 4 is 11.6 Å². The maximum absolute atomic E-state index is 9.31. The molecule has 1 aromatic heterocycles. The zero-order valence-corrected chi connectivity index (χ0v) is 11.8. The van der Waals surface area contributed by atoms with Gasteiger partial charge in [-0.05, 0) is 32.1 Å². The molecule has 1 fully saturated rings. The zero-order valence-electron chi connectivity index (χ0n) is 11.8. The van der Waals surface area contributed by atoms with Crippen molar-refractivity contribution in [2.45, 2.75) is 45.6 Å². The van der Waals surface area contributed by atoms with Crippen molar-refractivity contribution in [3.63, 3.8) is 0 Å². The van der Waals surface area contributed by atoms with Gasteiger partial charge < -0.3 is 15.7 Å². The fourth-order valence-electron chi connectivity index (χ4n) is 2.48. The lowest BCUT2D eigenvalue weighted by Gasteiger charge is -2.31. The second kappa shape index (κ2) is 6.70. The van der Waals surface area contributed by atoms with Crippen LogP contribution in [0.4, 0.5) is 11.6 Å². The quantitative estimate of drug-likeness (QED) is 0.703. The zero-order chi connectivity index (χ0) is 13.7. The highest BCUT2D eigenvalue weighted by Crippen LogP contribution is 2.28. The van der Waals surface area contributed by atoms with E-state index in [2.05, 4.69) is 34.4 Å². The van der Waals surface area contributed by atoms with Crippen LogP contribution < -0.4 is 10.6 Å². The standard InChI is InChI=1S/C14H24N4O/c1-3-5-12-13(15-4-2)17-9-18-14(12)16-8-10-6-11(19)7-10/h9-11,19H,3-8H2,1-2H3,(H2,15,16,17,18). The van der Waals surface area contributed by atoms with E-state index in [4.69, 9.17) is 0 Å². The Labute approximate surface area is 114 Å². The SMILES string of the molecule is CCCc1c(NCC)ncnc1NCC1CC(O)C1. The topological polar surface area (TPSA) is 70.1 Å². The van der Waals surface area contributed by atoms with E-state index < -0.39 is 0 Å². The van der Waals surface area contributed by atoms with E-state index in [0.717, 1.165) is 50.4 Å². The first kappa shape index (κ1) is 14.1. The summed E-state index contributed by atoms with van der Waals surface area (Å²) < 4.78 is 0. The van der Waals surface area contributed by atoms with Gasteiger partial charge in [-0.25, -0.2) is 9.97 Å². The molecule has 5 nitrogen and oxygen atoms in total. The minimum Gasteiger partial charge on any atom is -0.393 e. The van der Waals surface area contributed by atoms with Crippen LogP contribution in [0, 0.1) is 5.92 Å².